The Balaban J connectivity index is 1.47. The summed E-state index contributed by atoms with van der Waals surface area (Å²) in [6.07, 6.45) is 5.74. The minimum absolute atomic E-state index is 0.0873. The number of carbonyl (C=O) groups excluding carboxylic acids is 1. The summed E-state index contributed by atoms with van der Waals surface area (Å²) in [5.74, 6) is 0.105. The van der Waals surface area contributed by atoms with Crippen molar-refractivity contribution in [3.63, 3.8) is 0 Å². The minimum atomic E-state index is 0.0873. The number of pyridine rings is 1. The lowest BCUT2D eigenvalue weighted by molar-refractivity contribution is 0.101. The average Bonchev–Trinajstić information content (AvgIpc) is 2.81. The van der Waals surface area contributed by atoms with Crippen LogP contribution in [0, 0.1) is 0 Å². The standard InChI is InChI=1S/C28H24ClNOS/c1-19(31)26-8-3-2-6-21(26)12-16-28(32)23-7-4-5-20(17-23)9-14-25-15-11-22-10-13-24(29)18-27(22)30-25/h2-11,13-15,17-18,28,32H,12,16H2,1H3. The average molecular weight is 458 g/mol. The van der Waals surface area contributed by atoms with Crippen LogP contribution in [0.2, 0.25) is 5.02 Å². The molecule has 0 saturated carbocycles. The summed E-state index contributed by atoms with van der Waals surface area (Å²) in [5, 5.41) is 1.84. The number of rotatable bonds is 7. The molecule has 0 saturated heterocycles. The van der Waals surface area contributed by atoms with Gasteiger partial charge in [0.05, 0.1) is 11.2 Å². The molecule has 0 aliphatic rings. The van der Waals surface area contributed by atoms with Crippen molar-refractivity contribution >= 4 is 53.1 Å². The summed E-state index contributed by atoms with van der Waals surface area (Å²) in [6, 6.07) is 26.0. The first-order chi connectivity index (χ1) is 15.5. The maximum Gasteiger partial charge on any atom is 0.160 e. The number of aryl methyl sites for hydroxylation is 1. The van der Waals surface area contributed by atoms with E-state index in [1.807, 2.05) is 54.6 Å². The van der Waals surface area contributed by atoms with E-state index in [2.05, 4.69) is 41.4 Å². The highest BCUT2D eigenvalue weighted by molar-refractivity contribution is 7.80. The van der Waals surface area contributed by atoms with Crippen LogP contribution in [-0.2, 0) is 6.42 Å². The number of hydrogen-bond acceptors (Lipinski definition) is 3. The van der Waals surface area contributed by atoms with Crippen molar-refractivity contribution in [3.8, 4) is 0 Å². The van der Waals surface area contributed by atoms with Gasteiger partial charge in [0.1, 0.15) is 0 Å². The zero-order valence-corrected chi connectivity index (χ0v) is 19.5. The van der Waals surface area contributed by atoms with E-state index in [-0.39, 0.29) is 11.0 Å². The molecule has 0 fully saturated rings. The van der Waals surface area contributed by atoms with Crippen LogP contribution in [0.3, 0.4) is 0 Å². The molecule has 0 radical (unpaired) electrons. The van der Waals surface area contributed by atoms with E-state index in [1.165, 1.54) is 0 Å². The highest BCUT2D eigenvalue weighted by Gasteiger charge is 2.11. The number of halogens is 1. The van der Waals surface area contributed by atoms with Crippen LogP contribution >= 0.6 is 24.2 Å². The third-order valence-electron chi connectivity index (χ3n) is 5.50. The number of Topliss-reactive ketones (excluding diaryl/α,β-unsaturated/α-hetero) is 1. The van der Waals surface area contributed by atoms with Gasteiger partial charge in [-0.2, -0.15) is 12.6 Å². The highest BCUT2D eigenvalue weighted by atomic mass is 35.5. The molecule has 3 aromatic carbocycles. The van der Waals surface area contributed by atoms with Gasteiger partial charge in [-0.1, -0.05) is 78.3 Å². The molecule has 0 aliphatic carbocycles. The zero-order chi connectivity index (χ0) is 22.5. The summed E-state index contributed by atoms with van der Waals surface area (Å²) >= 11 is 10.9. The van der Waals surface area contributed by atoms with Gasteiger partial charge in [0.2, 0.25) is 0 Å². The van der Waals surface area contributed by atoms with Crippen LogP contribution in [0.4, 0.5) is 0 Å². The number of nitrogens with zero attached hydrogens (tertiary/aromatic N) is 1. The molecule has 0 bridgehead atoms. The monoisotopic (exact) mass is 457 g/mol. The first kappa shape index (κ1) is 22.3. The molecule has 0 amide bonds. The lowest BCUT2D eigenvalue weighted by Crippen LogP contribution is -2.01. The first-order valence-electron chi connectivity index (χ1n) is 10.6. The molecule has 160 valence electrons. The van der Waals surface area contributed by atoms with Gasteiger partial charge in [0.15, 0.2) is 5.78 Å². The van der Waals surface area contributed by atoms with Gasteiger partial charge in [0.25, 0.3) is 0 Å². The SMILES string of the molecule is CC(=O)c1ccccc1CCC(S)c1cccc(C=Cc2ccc3ccc(Cl)cc3n2)c1. The van der Waals surface area contributed by atoms with Gasteiger partial charge >= 0.3 is 0 Å². The molecule has 4 rings (SSSR count). The van der Waals surface area contributed by atoms with Crippen molar-refractivity contribution in [2.75, 3.05) is 0 Å². The Morgan fingerprint density at radius 1 is 1.00 bits per heavy atom. The van der Waals surface area contributed by atoms with Crippen molar-refractivity contribution in [2.24, 2.45) is 0 Å². The number of hydrogen-bond donors (Lipinski definition) is 1. The summed E-state index contributed by atoms with van der Waals surface area (Å²) in [4.78, 5) is 16.5. The zero-order valence-electron chi connectivity index (χ0n) is 17.8. The Morgan fingerprint density at radius 3 is 2.66 bits per heavy atom. The number of ketones is 1. The molecular weight excluding hydrogens is 434 g/mol. The second-order valence-electron chi connectivity index (χ2n) is 7.84. The lowest BCUT2D eigenvalue weighted by Gasteiger charge is -2.13. The Labute approximate surface area is 199 Å². The van der Waals surface area contributed by atoms with Gasteiger partial charge in [-0.15, -0.1) is 0 Å². The molecule has 0 aliphatic heterocycles. The number of benzene rings is 3. The number of thiol groups is 1. The van der Waals surface area contributed by atoms with Gasteiger partial charge in [0, 0.05) is 21.2 Å². The smallest absolute Gasteiger partial charge is 0.160 e. The van der Waals surface area contributed by atoms with Gasteiger partial charge in [-0.05, 0) is 60.7 Å². The van der Waals surface area contributed by atoms with Crippen molar-refractivity contribution in [1.29, 1.82) is 0 Å². The van der Waals surface area contributed by atoms with E-state index in [0.29, 0.717) is 5.02 Å². The Hall–Kier alpha value is -2.88. The van der Waals surface area contributed by atoms with E-state index in [4.69, 9.17) is 24.2 Å². The molecule has 1 unspecified atom stereocenters. The van der Waals surface area contributed by atoms with Gasteiger partial charge in [-0.3, -0.25) is 4.79 Å². The fourth-order valence-corrected chi connectivity index (χ4v) is 4.25. The van der Waals surface area contributed by atoms with Crippen LogP contribution in [0.25, 0.3) is 23.1 Å². The summed E-state index contributed by atoms with van der Waals surface area (Å²) in [5.41, 5.74) is 5.90. The van der Waals surface area contributed by atoms with Crippen LogP contribution in [-0.4, -0.2) is 10.8 Å². The van der Waals surface area contributed by atoms with Gasteiger partial charge in [-0.25, -0.2) is 4.98 Å². The second kappa shape index (κ2) is 10.2. The molecule has 1 atom stereocenters. The van der Waals surface area contributed by atoms with Crippen molar-refractivity contribution in [2.45, 2.75) is 25.0 Å². The fraction of sp³-hybridized carbons (Fsp3) is 0.143. The van der Waals surface area contributed by atoms with Crippen LogP contribution < -0.4 is 0 Å². The summed E-state index contributed by atoms with van der Waals surface area (Å²) < 4.78 is 0. The van der Waals surface area contributed by atoms with Crippen LogP contribution in [0.5, 0.6) is 0 Å². The van der Waals surface area contributed by atoms with E-state index in [9.17, 15) is 4.79 Å². The minimum Gasteiger partial charge on any atom is -0.295 e. The molecule has 4 aromatic rings. The molecule has 32 heavy (non-hydrogen) atoms. The molecule has 0 N–H and O–H groups in total. The van der Waals surface area contributed by atoms with E-state index in [1.54, 1.807) is 6.92 Å². The maximum atomic E-state index is 11.9. The quantitative estimate of drug-likeness (QED) is 0.226. The number of fused-ring (bicyclic) bond motifs is 1. The van der Waals surface area contributed by atoms with E-state index >= 15 is 0 Å². The van der Waals surface area contributed by atoms with Crippen LogP contribution in [0.15, 0.2) is 78.9 Å². The molecular formula is C28H24ClNOS. The fourth-order valence-electron chi connectivity index (χ4n) is 3.79. The predicted octanol–water partition coefficient (Wildman–Crippen LogP) is 7.86. The third-order valence-corrected chi connectivity index (χ3v) is 6.29. The molecule has 0 spiro atoms. The third kappa shape index (κ3) is 5.48. The lowest BCUT2D eigenvalue weighted by atomic mass is 9.97. The van der Waals surface area contributed by atoms with Crippen LogP contribution in [0.1, 0.15) is 51.3 Å². The van der Waals surface area contributed by atoms with Crippen molar-refractivity contribution in [3.05, 3.63) is 112 Å². The van der Waals surface area contributed by atoms with E-state index in [0.717, 1.165) is 51.7 Å². The molecule has 2 nitrogen and oxygen atoms in total. The number of aromatic nitrogens is 1. The second-order valence-corrected chi connectivity index (χ2v) is 8.90. The Morgan fingerprint density at radius 2 is 1.81 bits per heavy atom. The maximum absolute atomic E-state index is 11.9. The summed E-state index contributed by atoms with van der Waals surface area (Å²) in [6.45, 7) is 1.62. The number of carbonyl (C=O) groups is 1. The predicted molar refractivity (Wildman–Crippen MR) is 139 cm³/mol. The van der Waals surface area contributed by atoms with E-state index < -0.39 is 0 Å². The highest BCUT2D eigenvalue weighted by Crippen LogP contribution is 2.27. The first-order valence-corrected chi connectivity index (χ1v) is 11.5. The molecule has 1 aromatic heterocycles. The topological polar surface area (TPSA) is 30.0 Å². The largest absolute Gasteiger partial charge is 0.295 e. The van der Waals surface area contributed by atoms with Crippen molar-refractivity contribution < 1.29 is 4.79 Å². The van der Waals surface area contributed by atoms with Crippen molar-refractivity contribution in [1.82, 2.24) is 4.98 Å². The Kier molecular flexibility index (Phi) is 7.09. The van der Waals surface area contributed by atoms with Gasteiger partial charge < -0.3 is 0 Å². The Bertz CT molecular complexity index is 1300. The molecule has 4 heteroatoms. The summed E-state index contributed by atoms with van der Waals surface area (Å²) in [7, 11) is 0. The molecule has 1 heterocycles. The normalized spacial score (nSPS) is 12.3.